The zero-order valence-corrected chi connectivity index (χ0v) is 33.7. The van der Waals surface area contributed by atoms with Crippen molar-refractivity contribution in [2.45, 2.75) is 141 Å². The van der Waals surface area contributed by atoms with Crippen molar-refractivity contribution in [2.24, 2.45) is 23.7 Å². The zero-order valence-electron chi connectivity index (χ0n) is 33.7. The first-order chi connectivity index (χ1) is 22.8. The molecule has 3 atom stereocenters. The second-order valence-electron chi connectivity index (χ2n) is 12.1. The fourth-order valence-corrected chi connectivity index (χ4v) is 4.77. The first-order valence-corrected chi connectivity index (χ1v) is 18.7. The summed E-state index contributed by atoms with van der Waals surface area (Å²) in [4.78, 5) is 4.58. The van der Waals surface area contributed by atoms with Gasteiger partial charge in [-0.2, -0.15) is 0 Å². The quantitative estimate of drug-likeness (QED) is 0.193. The molecule has 0 aromatic heterocycles. The third-order valence-electron chi connectivity index (χ3n) is 7.97. The molecular weight excluding hydrogens is 609 g/mol. The second kappa shape index (κ2) is 34.7. The van der Waals surface area contributed by atoms with E-state index in [1.807, 2.05) is 39.6 Å². The molecule has 2 rings (SSSR count). The van der Waals surface area contributed by atoms with E-state index in [9.17, 15) is 13.2 Å². The maximum atomic E-state index is 12.1. The van der Waals surface area contributed by atoms with Gasteiger partial charge in [-0.25, -0.2) is 0 Å². The largest absolute Gasteiger partial charge is 0.573 e. The number of nitrogens with zero attached hydrogens (tertiary/aromatic N) is 2. The summed E-state index contributed by atoms with van der Waals surface area (Å²) in [6.07, 6.45) is 14.2. The molecule has 1 aliphatic rings. The Bertz CT molecular complexity index is 837. The monoisotopic (exact) mass is 687 g/mol. The normalized spacial score (nSPS) is 16.4. The standard InChI is InChI=1S/C15H20F3NO.C12H27N.C8H16O.2C2H6.C2H2/c1-5-6-14(11(2)3)19(4)12-7-9-13(10-8-12)20-15(16,17)18;1-5-9-13(10-6-2)11-8-12(4)7-3;1-7-3-5-9-6-4-8(7)2;3*1-2/h6-11H,5H2,1-4H3;12H,5-11H2,1-4H3;7-8H,3-6H2,1-2H3;2*1-2H3;1-2H/b14-6-;;;;;. The van der Waals surface area contributed by atoms with Gasteiger partial charge in [0.15, 0.2) is 0 Å². The number of terminal acetylenes is 1. The molecule has 0 aliphatic carbocycles. The molecule has 0 spiro atoms. The number of hydrogen-bond donors (Lipinski definition) is 0. The van der Waals surface area contributed by atoms with Crippen LogP contribution < -0.4 is 9.64 Å². The number of halogens is 3. The lowest BCUT2D eigenvalue weighted by Crippen LogP contribution is -2.27. The smallest absolute Gasteiger partial charge is 0.406 e. The fraction of sp³-hybridized carbons (Fsp3) is 0.756. The molecule has 0 amide bonds. The van der Waals surface area contributed by atoms with Gasteiger partial charge >= 0.3 is 6.36 Å². The summed E-state index contributed by atoms with van der Waals surface area (Å²) < 4.78 is 45.5. The topological polar surface area (TPSA) is 24.9 Å². The van der Waals surface area contributed by atoms with Crippen molar-refractivity contribution < 1.29 is 22.6 Å². The summed E-state index contributed by atoms with van der Waals surface area (Å²) >= 11 is 0. The van der Waals surface area contributed by atoms with Crippen molar-refractivity contribution in [1.29, 1.82) is 0 Å². The molecule has 1 saturated heterocycles. The molecule has 3 unspecified atom stereocenters. The number of anilines is 1. The molecule has 4 nitrogen and oxygen atoms in total. The molecule has 1 aromatic rings. The van der Waals surface area contributed by atoms with Crippen LogP contribution in [0.5, 0.6) is 5.75 Å². The highest BCUT2D eigenvalue weighted by Crippen LogP contribution is 2.28. The molecule has 7 heteroatoms. The Hall–Kier alpha value is -2.17. The first kappa shape index (κ1) is 52.6. The van der Waals surface area contributed by atoms with Gasteiger partial charge in [0.2, 0.25) is 0 Å². The molecule has 1 fully saturated rings. The van der Waals surface area contributed by atoms with Crippen LogP contribution in [0.15, 0.2) is 36.0 Å². The van der Waals surface area contributed by atoms with Crippen LogP contribution in [-0.2, 0) is 4.74 Å². The van der Waals surface area contributed by atoms with Crippen molar-refractivity contribution in [3.63, 3.8) is 0 Å². The van der Waals surface area contributed by atoms with Crippen molar-refractivity contribution in [1.82, 2.24) is 4.90 Å². The lowest BCUT2D eigenvalue weighted by molar-refractivity contribution is -0.274. The minimum Gasteiger partial charge on any atom is -0.406 e. The Labute approximate surface area is 297 Å². The number of benzene rings is 1. The van der Waals surface area contributed by atoms with Gasteiger partial charge < -0.3 is 19.3 Å². The maximum absolute atomic E-state index is 12.1. The van der Waals surface area contributed by atoms with E-state index in [0.29, 0.717) is 5.92 Å². The van der Waals surface area contributed by atoms with Gasteiger partial charge in [-0.15, -0.1) is 26.0 Å². The van der Waals surface area contributed by atoms with Gasteiger partial charge in [-0.3, -0.25) is 0 Å². The molecule has 0 bridgehead atoms. The summed E-state index contributed by atoms with van der Waals surface area (Å²) in [6, 6.07) is 5.88. The highest BCUT2D eigenvalue weighted by atomic mass is 19.4. The minimum absolute atomic E-state index is 0.208. The average Bonchev–Trinajstić information content (AvgIpc) is 3.27. The van der Waals surface area contributed by atoms with Crippen LogP contribution in [0.3, 0.4) is 0 Å². The molecule has 1 aliphatic heterocycles. The first-order valence-electron chi connectivity index (χ1n) is 18.7. The number of allylic oxidation sites excluding steroid dienone is 2. The van der Waals surface area contributed by atoms with Gasteiger partial charge in [0.05, 0.1) is 0 Å². The van der Waals surface area contributed by atoms with E-state index in [2.05, 4.69) is 90.9 Å². The summed E-state index contributed by atoms with van der Waals surface area (Å²) in [6.45, 7) is 33.9. The number of alkyl halides is 3. The number of rotatable bonds is 13. The number of ether oxygens (including phenoxy) is 2. The van der Waals surface area contributed by atoms with Crippen molar-refractivity contribution in [2.75, 3.05) is 44.8 Å². The third kappa shape index (κ3) is 28.8. The highest BCUT2D eigenvalue weighted by molar-refractivity contribution is 5.53. The molecule has 1 aromatic carbocycles. The predicted octanol–water partition coefficient (Wildman–Crippen LogP) is 12.9. The molecule has 0 N–H and O–H groups in total. The van der Waals surface area contributed by atoms with Crippen molar-refractivity contribution in [3.05, 3.63) is 36.0 Å². The summed E-state index contributed by atoms with van der Waals surface area (Å²) in [5.41, 5.74) is 1.96. The van der Waals surface area contributed by atoms with E-state index in [0.717, 1.165) is 48.8 Å². The minimum atomic E-state index is -4.65. The third-order valence-corrected chi connectivity index (χ3v) is 7.97. The molecule has 1 heterocycles. The van der Waals surface area contributed by atoms with Gasteiger partial charge in [0, 0.05) is 31.6 Å². The van der Waals surface area contributed by atoms with Gasteiger partial charge in [0.25, 0.3) is 0 Å². The Morgan fingerprint density at radius 2 is 1.33 bits per heavy atom. The van der Waals surface area contributed by atoms with Crippen LogP contribution in [0.25, 0.3) is 0 Å². The predicted molar refractivity (Wildman–Crippen MR) is 207 cm³/mol. The second-order valence-corrected chi connectivity index (χ2v) is 12.1. The van der Waals surface area contributed by atoms with Crippen molar-refractivity contribution >= 4 is 5.69 Å². The van der Waals surface area contributed by atoms with Crippen LogP contribution >= 0.6 is 0 Å². The molecule has 0 radical (unpaired) electrons. The number of hydrogen-bond acceptors (Lipinski definition) is 4. The Balaban J connectivity index is -0.000000298. The Morgan fingerprint density at radius 1 is 0.875 bits per heavy atom. The zero-order chi connectivity index (χ0) is 38.1. The van der Waals surface area contributed by atoms with Gasteiger partial charge in [-0.1, -0.05) is 103 Å². The lowest BCUT2D eigenvalue weighted by Gasteiger charge is -2.26. The van der Waals surface area contributed by atoms with E-state index in [4.69, 9.17) is 4.74 Å². The van der Waals surface area contributed by atoms with E-state index in [1.165, 1.54) is 70.3 Å². The van der Waals surface area contributed by atoms with E-state index < -0.39 is 6.36 Å². The Kier molecular flexibility index (Phi) is 38.0. The molecule has 0 saturated carbocycles. The molecule has 284 valence electrons. The molecule has 48 heavy (non-hydrogen) atoms. The average molecular weight is 687 g/mol. The van der Waals surface area contributed by atoms with Crippen LogP contribution in [0.2, 0.25) is 0 Å². The van der Waals surface area contributed by atoms with E-state index >= 15 is 0 Å². The van der Waals surface area contributed by atoms with E-state index in [-0.39, 0.29) is 5.75 Å². The van der Waals surface area contributed by atoms with Crippen LogP contribution in [0.1, 0.15) is 135 Å². The SMILES string of the molecule is C#C.CC.CC.CC/C=C(/C(C)C)N(C)c1ccc(OC(F)(F)F)cc1.CC1CCOCCC1C.CCCN(CCC)CCC(C)CC. The maximum Gasteiger partial charge on any atom is 0.573 e. The Morgan fingerprint density at radius 3 is 1.69 bits per heavy atom. The van der Waals surface area contributed by atoms with Gasteiger partial charge in [-0.05, 0) is 106 Å². The lowest BCUT2D eigenvalue weighted by atomic mass is 9.92. The van der Waals surface area contributed by atoms with Crippen LogP contribution in [-0.4, -0.2) is 51.2 Å². The van der Waals surface area contributed by atoms with Crippen LogP contribution in [0.4, 0.5) is 18.9 Å². The summed E-state index contributed by atoms with van der Waals surface area (Å²) in [5, 5.41) is 0. The highest BCUT2D eigenvalue weighted by Gasteiger charge is 2.31. The molecular formula is C41H77F3N2O2. The summed E-state index contributed by atoms with van der Waals surface area (Å²) in [7, 11) is 1.90. The van der Waals surface area contributed by atoms with Crippen LogP contribution in [0, 0.1) is 36.5 Å². The van der Waals surface area contributed by atoms with E-state index in [1.54, 1.807) is 12.1 Å². The summed E-state index contributed by atoms with van der Waals surface area (Å²) in [5.74, 6) is 2.77. The fourth-order valence-electron chi connectivity index (χ4n) is 4.77. The van der Waals surface area contributed by atoms with Crippen molar-refractivity contribution in [3.8, 4) is 18.6 Å². The van der Waals surface area contributed by atoms with Gasteiger partial charge in [0.1, 0.15) is 5.75 Å².